The van der Waals surface area contributed by atoms with Gasteiger partial charge < -0.3 is 19.9 Å². The van der Waals surface area contributed by atoms with Gasteiger partial charge in [-0.1, -0.05) is 6.07 Å². The van der Waals surface area contributed by atoms with E-state index in [1.165, 1.54) is 76.6 Å². The highest BCUT2D eigenvalue weighted by Gasteiger charge is 2.38. The molecule has 0 radical (unpaired) electrons. The maximum absolute atomic E-state index is 13.0. The summed E-state index contributed by atoms with van der Waals surface area (Å²) in [5.74, 6) is 0.669. The van der Waals surface area contributed by atoms with Crippen LogP contribution in [0.4, 0.5) is 27.5 Å². The third-order valence-corrected chi connectivity index (χ3v) is 12.2. The molecule has 4 fully saturated rings. The number of likely N-dealkylation sites (tertiary alicyclic amines) is 1. The Kier molecular flexibility index (Phi) is 9.94. The van der Waals surface area contributed by atoms with Gasteiger partial charge in [0.05, 0.1) is 30.9 Å². The summed E-state index contributed by atoms with van der Waals surface area (Å²) in [6, 6.07) is 13.5. The number of nitrogens with one attached hydrogen (secondary N) is 2. The predicted molar refractivity (Wildman–Crippen MR) is 207 cm³/mol. The second kappa shape index (κ2) is 15.1. The lowest BCUT2D eigenvalue weighted by molar-refractivity contribution is -0.120. The zero-order valence-corrected chi connectivity index (χ0v) is 30.8. The molecule has 3 saturated heterocycles. The van der Waals surface area contributed by atoms with Crippen LogP contribution in [0, 0.1) is 17.9 Å². The molecule has 1 aliphatic carbocycles. The van der Waals surface area contributed by atoms with Crippen molar-refractivity contribution in [2.24, 2.45) is 11.3 Å². The average Bonchev–Trinajstić information content (AvgIpc) is 3.62. The van der Waals surface area contributed by atoms with E-state index in [0.29, 0.717) is 53.0 Å². The zero-order chi connectivity index (χ0) is 37.2. The van der Waals surface area contributed by atoms with Crippen molar-refractivity contribution in [1.82, 2.24) is 25.0 Å². The summed E-state index contributed by atoms with van der Waals surface area (Å²) >= 11 is 0. The van der Waals surface area contributed by atoms with E-state index in [9.17, 15) is 14.4 Å². The summed E-state index contributed by atoms with van der Waals surface area (Å²) in [5.41, 5.74) is 4.42. The first-order chi connectivity index (χ1) is 26.3. The molecule has 8 rings (SSSR count). The van der Waals surface area contributed by atoms with E-state index < -0.39 is 0 Å². The van der Waals surface area contributed by atoms with Crippen LogP contribution in [0.3, 0.4) is 0 Å². The number of aromatic nitrogens is 3. The van der Waals surface area contributed by atoms with Crippen LogP contribution >= 0.6 is 0 Å². The average molecular weight is 730 g/mol. The minimum absolute atomic E-state index is 0.212. The topological polar surface area (TPSA) is 129 Å². The Morgan fingerprint density at radius 2 is 1.74 bits per heavy atom. The number of amides is 4. The van der Waals surface area contributed by atoms with Crippen molar-refractivity contribution in [3.63, 3.8) is 0 Å². The number of carbonyl (C=O) groups is 3. The lowest BCUT2D eigenvalue weighted by atomic mass is 9.71. The van der Waals surface area contributed by atoms with Crippen LogP contribution in [0.1, 0.15) is 74.2 Å². The van der Waals surface area contributed by atoms with Gasteiger partial charge in [0.25, 0.3) is 5.91 Å². The fourth-order valence-corrected chi connectivity index (χ4v) is 8.91. The number of nitrogens with zero attached hydrogens (tertiary/aromatic N) is 7. The number of carbonyl (C=O) groups excluding carboxylic acids is 3. The van der Waals surface area contributed by atoms with Crippen LogP contribution in [0.25, 0.3) is 15.7 Å². The summed E-state index contributed by atoms with van der Waals surface area (Å²) in [4.78, 5) is 51.2. The smallest absolute Gasteiger partial charge is 0.328 e. The highest BCUT2D eigenvalue weighted by atomic mass is 16.5. The monoisotopic (exact) mass is 729 g/mol. The van der Waals surface area contributed by atoms with E-state index in [1.807, 2.05) is 24.3 Å². The Morgan fingerprint density at radius 1 is 0.981 bits per heavy atom. The molecule has 13 nitrogen and oxygen atoms in total. The summed E-state index contributed by atoms with van der Waals surface area (Å²) < 4.78 is 7.72. The predicted octanol–water partition coefficient (Wildman–Crippen LogP) is 6.80. The van der Waals surface area contributed by atoms with Crippen LogP contribution in [0.2, 0.25) is 0 Å². The van der Waals surface area contributed by atoms with Crippen molar-refractivity contribution in [2.75, 3.05) is 61.5 Å². The molecule has 5 heterocycles. The number of urea groups is 1. The molecule has 0 unspecified atom stereocenters. The van der Waals surface area contributed by atoms with Crippen LogP contribution < -0.4 is 25.2 Å². The molecule has 4 aliphatic rings. The largest absolute Gasteiger partial charge is 0.494 e. The Morgan fingerprint density at radius 3 is 2.48 bits per heavy atom. The van der Waals surface area contributed by atoms with Gasteiger partial charge in [0.15, 0.2) is 0 Å². The minimum atomic E-state index is -0.351. The first-order valence-electron chi connectivity index (χ1n) is 19.2. The van der Waals surface area contributed by atoms with Crippen LogP contribution in [-0.2, 0) is 4.79 Å². The Balaban J connectivity index is 0.809. The van der Waals surface area contributed by atoms with E-state index >= 15 is 0 Å². The zero-order valence-electron chi connectivity index (χ0n) is 30.8. The maximum atomic E-state index is 13.0. The SMILES string of the molecule is [C-]#[N+]c1cncc(C(=O)Nc2cc3cn(C4CCC(CN5CCC6(CC5)CCN(c5cccc(N7CCC(=O)NC7=O)c5)CC6)CC4)nc3cc2OC)c1. The van der Waals surface area contributed by atoms with Crippen LogP contribution in [0.15, 0.2) is 61.1 Å². The van der Waals surface area contributed by atoms with Gasteiger partial charge in [0, 0.05) is 79.6 Å². The van der Waals surface area contributed by atoms with E-state index in [4.69, 9.17) is 16.4 Å². The van der Waals surface area contributed by atoms with Gasteiger partial charge in [0.2, 0.25) is 11.6 Å². The lowest BCUT2D eigenvalue weighted by Gasteiger charge is -2.48. The molecule has 4 aromatic rings. The summed E-state index contributed by atoms with van der Waals surface area (Å²) in [6.07, 6.45) is 14.8. The molecule has 280 valence electrons. The fourth-order valence-electron chi connectivity index (χ4n) is 8.91. The number of imide groups is 1. The van der Waals surface area contributed by atoms with Gasteiger partial charge in [-0.15, -0.1) is 0 Å². The number of anilines is 3. The van der Waals surface area contributed by atoms with Gasteiger partial charge in [-0.25, -0.2) is 9.64 Å². The highest BCUT2D eigenvalue weighted by molar-refractivity contribution is 6.07. The van der Waals surface area contributed by atoms with Crippen molar-refractivity contribution < 1.29 is 19.1 Å². The number of rotatable bonds is 8. The number of methoxy groups -OCH3 is 1. The van der Waals surface area contributed by atoms with Gasteiger partial charge in [-0.3, -0.25) is 29.5 Å². The van der Waals surface area contributed by atoms with Gasteiger partial charge in [0.1, 0.15) is 5.75 Å². The minimum Gasteiger partial charge on any atom is -0.494 e. The first-order valence-corrected chi connectivity index (χ1v) is 19.2. The quantitative estimate of drug-likeness (QED) is 0.190. The van der Waals surface area contributed by atoms with Crippen LogP contribution in [0.5, 0.6) is 5.75 Å². The Hall–Kier alpha value is -5.48. The molecule has 3 aliphatic heterocycles. The van der Waals surface area contributed by atoms with Crippen molar-refractivity contribution in [3.8, 4) is 5.75 Å². The molecule has 0 bridgehead atoms. The fraction of sp³-hybridized carbons (Fsp3) is 0.463. The summed E-state index contributed by atoms with van der Waals surface area (Å²) in [6.45, 7) is 13.2. The van der Waals surface area contributed by atoms with Crippen molar-refractivity contribution in [2.45, 2.75) is 63.8 Å². The van der Waals surface area contributed by atoms with Gasteiger partial charge >= 0.3 is 6.03 Å². The molecule has 1 saturated carbocycles. The third-order valence-electron chi connectivity index (χ3n) is 12.2. The number of pyridine rings is 1. The van der Waals surface area contributed by atoms with E-state index in [0.717, 1.165) is 48.2 Å². The molecule has 2 N–H and O–H groups in total. The molecule has 0 atom stereocenters. The summed E-state index contributed by atoms with van der Waals surface area (Å²) in [7, 11) is 1.58. The maximum Gasteiger partial charge on any atom is 0.328 e. The molecule has 13 heteroatoms. The Labute approximate surface area is 315 Å². The normalized spacial score (nSPS) is 21.9. The molecule has 1 spiro atoms. The molecule has 2 aromatic heterocycles. The highest BCUT2D eigenvalue weighted by Crippen LogP contribution is 2.43. The molecule has 2 aromatic carbocycles. The number of hydrogen-bond acceptors (Lipinski definition) is 8. The van der Waals surface area contributed by atoms with E-state index in [2.05, 4.69) is 53.3 Å². The Bertz CT molecular complexity index is 2080. The van der Waals surface area contributed by atoms with E-state index in [1.54, 1.807) is 12.0 Å². The van der Waals surface area contributed by atoms with Crippen molar-refractivity contribution >= 4 is 51.5 Å². The number of fused-ring (bicyclic) bond motifs is 1. The third kappa shape index (κ3) is 7.48. The number of benzene rings is 2. The lowest BCUT2D eigenvalue weighted by Crippen LogP contribution is -2.49. The van der Waals surface area contributed by atoms with Crippen molar-refractivity contribution in [3.05, 3.63) is 78.0 Å². The molecular formula is C41H47N9O4. The van der Waals surface area contributed by atoms with Gasteiger partial charge in [-0.2, -0.15) is 5.10 Å². The standard InChI is InChI=1S/C41H47N9O4/c1-42-31-20-29(24-43-25-31)39(52)44-36-21-30-27-50(46-35(30)23-37(36)54-2)32-8-6-28(7-9-32)26-47-16-11-41(12-17-47)13-18-48(19-14-41)33-4-3-5-34(22-33)49-15-10-38(51)45-40(49)53/h3-5,20-25,27-28,32H,6-19,26H2,2H3,(H,44,52)(H,45,51,53). The second-order valence-corrected chi connectivity index (χ2v) is 15.5. The number of hydrogen-bond donors (Lipinski definition) is 2. The van der Waals surface area contributed by atoms with Crippen molar-refractivity contribution in [1.29, 1.82) is 0 Å². The first kappa shape index (κ1) is 35.5. The number of ether oxygens (including phenoxy) is 1. The molecule has 54 heavy (non-hydrogen) atoms. The van der Waals surface area contributed by atoms with Crippen LogP contribution in [-0.4, -0.2) is 83.9 Å². The second-order valence-electron chi connectivity index (χ2n) is 15.5. The number of piperidine rings is 2. The summed E-state index contributed by atoms with van der Waals surface area (Å²) in [5, 5.41) is 11.2. The van der Waals surface area contributed by atoms with E-state index in [-0.39, 0.29) is 17.8 Å². The molecule has 4 amide bonds. The van der Waals surface area contributed by atoms with Gasteiger partial charge in [-0.05, 0) is 106 Å². The molecular weight excluding hydrogens is 683 g/mol.